The zero-order chi connectivity index (χ0) is 16.3. The molecule has 1 aromatic rings. The molecule has 0 saturated carbocycles. The van der Waals surface area contributed by atoms with Crippen molar-refractivity contribution in [3.05, 3.63) is 47.7 Å². The van der Waals surface area contributed by atoms with Gasteiger partial charge in [-0.1, -0.05) is 37.8 Å². The van der Waals surface area contributed by atoms with Crippen LogP contribution in [0.15, 0.2) is 36.5 Å². The van der Waals surface area contributed by atoms with Crippen LogP contribution in [0.2, 0.25) is 0 Å². The number of rotatable bonds is 4. The lowest BCUT2D eigenvalue weighted by atomic mass is 9.88. The van der Waals surface area contributed by atoms with Crippen LogP contribution in [0.1, 0.15) is 37.9 Å². The molecule has 0 aliphatic carbocycles. The summed E-state index contributed by atoms with van der Waals surface area (Å²) in [5.41, 5.74) is 2.42. The van der Waals surface area contributed by atoms with Crippen LogP contribution >= 0.6 is 0 Å². The van der Waals surface area contributed by atoms with Gasteiger partial charge < -0.3 is 15.4 Å². The molecule has 0 radical (unpaired) electrons. The van der Waals surface area contributed by atoms with Gasteiger partial charge in [0.15, 0.2) is 0 Å². The maximum absolute atomic E-state index is 12.4. The van der Waals surface area contributed by atoms with Crippen LogP contribution < -0.4 is 10.6 Å². The number of carbonyl (C=O) groups is 2. The third-order valence-electron chi connectivity index (χ3n) is 3.62. The van der Waals surface area contributed by atoms with Gasteiger partial charge in [0, 0.05) is 5.70 Å². The average molecular weight is 302 g/mol. The Morgan fingerprint density at radius 3 is 2.50 bits per heavy atom. The van der Waals surface area contributed by atoms with E-state index in [1.165, 1.54) is 5.56 Å². The smallest absolute Gasteiger partial charge is 0.319 e. The molecule has 2 rings (SSSR count). The highest BCUT2D eigenvalue weighted by Crippen LogP contribution is 2.30. The van der Waals surface area contributed by atoms with Gasteiger partial charge in [0.1, 0.15) is 5.92 Å². The van der Waals surface area contributed by atoms with Crippen molar-refractivity contribution in [3.8, 4) is 0 Å². The fourth-order valence-corrected chi connectivity index (χ4v) is 2.51. The van der Waals surface area contributed by atoms with Crippen LogP contribution in [-0.2, 0) is 16.0 Å². The highest BCUT2D eigenvalue weighted by atomic mass is 16.5. The largest absolute Gasteiger partial charge is 0.462 e. The zero-order valence-corrected chi connectivity index (χ0v) is 13.2. The highest BCUT2D eigenvalue weighted by Gasteiger charge is 2.39. The van der Waals surface area contributed by atoms with Crippen LogP contribution in [-0.4, -0.2) is 18.1 Å². The number of benzene rings is 1. The Kier molecular flexibility index (Phi) is 4.85. The summed E-state index contributed by atoms with van der Waals surface area (Å²) in [6.45, 7) is 9.47. The van der Waals surface area contributed by atoms with E-state index in [1.807, 2.05) is 24.3 Å². The van der Waals surface area contributed by atoms with Crippen molar-refractivity contribution >= 4 is 12.0 Å². The number of nitrogens with one attached hydrogen (secondary N) is 2. The summed E-state index contributed by atoms with van der Waals surface area (Å²) in [6, 6.07) is 7.02. The Hall–Kier alpha value is -2.30. The first-order chi connectivity index (χ1) is 10.4. The van der Waals surface area contributed by atoms with Crippen molar-refractivity contribution in [2.45, 2.75) is 39.3 Å². The van der Waals surface area contributed by atoms with E-state index in [-0.39, 0.29) is 12.1 Å². The van der Waals surface area contributed by atoms with Gasteiger partial charge in [-0.15, -0.1) is 0 Å². The molecule has 2 unspecified atom stereocenters. The number of urea groups is 1. The third kappa shape index (κ3) is 3.47. The SMILES string of the molecule is C=C1NC(=O)NC(c2ccc(CC)cc2)C1C(=O)OC(C)C. The number of carbonyl (C=O) groups excluding carboxylic acids is 2. The molecule has 1 aromatic carbocycles. The summed E-state index contributed by atoms with van der Waals surface area (Å²) in [4.78, 5) is 24.1. The monoisotopic (exact) mass is 302 g/mol. The van der Waals surface area contributed by atoms with E-state index in [4.69, 9.17) is 4.74 Å². The lowest BCUT2D eigenvalue weighted by Gasteiger charge is -2.33. The minimum Gasteiger partial charge on any atom is -0.462 e. The Morgan fingerprint density at radius 2 is 1.95 bits per heavy atom. The second-order valence-electron chi connectivity index (χ2n) is 5.66. The second kappa shape index (κ2) is 6.64. The molecular weight excluding hydrogens is 280 g/mol. The Bertz CT molecular complexity index is 578. The Morgan fingerprint density at radius 1 is 1.32 bits per heavy atom. The van der Waals surface area contributed by atoms with E-state index in [2.05, 4.69) is 24.1 Å². The number of esters is 1. The molecule has 5 nitrogen and oxygen atoms in total. The number of hydrogen-bond donors (Lipinski definition) is 2. The van der Waals surface area contributed by atoms with Crippen LogP contribution in [0.25, 0.3) is 0 Å². The van der Waals surface area contributed by atoms with Gasteiger partial charge in [-0.05, 0) is 31.4 Å². The molecule has 22 heavy (non-hydrogen) atoms. The van der Waals surface area contributed by atoms with Gasteiger partial charge in [-0.3, -0.25) is 4.79 Å². The molecule has 1 aliphatic heterocycles. The van der Waals surface area contributed by atoms with Crippen molar-refractivity contribution < 1.29 is 14.3 Å². The number of aryl methyl sites for hydroxylation is 1. The summed E-state index contributed by atoms with van der Waals surface area (Å²) in [5, 5.41) is 5.35. The predicted molar refractivity (Wildman–Crippen MR) is 84.1 cm³/mol. The molecule has 2 N–H and O–H groups in total. The van der Waals surface area contributed by atoms with E-state index < -0.39 is 17.9 Å². The van der Waals surface area contributed by atoms with E-state index in [0.29, 0.717) is 5.70 Å². The predicted octanol–water partition coefficient (Wildman–Crippen LogP) is 2.68. The van der Waals surface area contributed by atoms with Crippen molar-refractivity contribution in [1.82, 2.24) is 10.6 Å². The minimum absolute atomic E-state index is 0.221. The maximum Gasteiger partial charge on any atom is 0.319 e. The number of ether oxygens (including phenoxy) is 1. The fraction of sp³-hybridized carbons (Fsp3) is 0.412. The van der Waals surface area contributed by atoms with Gasteiger partial charge in [0.05, 0.1) is 12.1 Å². The standard InChI is InChI=1S/C17H22N2O3/c1-5-12-6-8-13(9-7-12)15-14(16(20)22-10(2)3)11(4)18-17(21)19-15/h6-10,14-15H,4-5H2,1-3H3,(H2,18,19,21). The summed E-state index contributed by atoms with van der Waals surface area (Å²) < 4.78 is 5.30. The van der Waals surface area contributed by atoms with E-state index in [0.717, 1.165) is 12.0 Å². The van der Waals surface area contributed by atoms with Crippen LogP contribution in [0.4, 0.5) is 4.79 Å². The summed E-state index contributed by atoms with van der Waals surface area (Å²) in [7, 11) is 0. The molecule has 0 spiro atoms. The quantitative estimate of drug-likeness (QED) is 0.840. The molecular formula is C17H22N2O3. The molecule has 1 aliphatic rings. The van der Waals surface area contributed by atoms with Gasteiger partial charge in [0.25, 0.3) is 0 Å². The molecule has 118 valence electrons. The summed E-state index contributed by atoms with van der Waals surface area (Å²) in [5.74, 6) is -1.04. The molecule has 0 bridgehead atoms. The second-order valence-corrected chi connectivity index (χ2v) is 5.66. The molecule has 2 amide bonds. The molecule has 1 heterocycles. The Labute approximate surface area is 130 Å². The van der Waals surface area contributed by atoms with Gasteiger partial charge in [0.2, 0.25) is 0 Å². The van der Waals surface area contributed by atoms with Crippen LogP contribution in [0.5, 0.6) is 0 Å². The minimum atomic E-state index is -0.646. The normalized spacial score (nSPS) is 21.3. The van der Waals surface area contributed by atoms with Crippen molar-refractivity contribution in [2.24, 2.45) is 5.92 Å². The van der Waals surface area contributed by atoms with Crippen molar-refractivity contribution in [2.75, 3.05) is 0 Å². The summed E-state index contributed by atoms with van der Waals surface area (Å²) in [6.07, 6.45) is 0.714. The zero-order valence-electron chi connectivity index (χ0n) is 13.2. The third-order valence-corrected chi connectivity index (χ3v) is 3.62. The van der Waals surface area contributed by atoms with E-state index in [1.54, 1.807) is 13.8 Å². The van der Waals surface area contributed by atoms with Crippen LogP contribution in [0, 0.1) is 5.92 Å². The first-order valence-electron chi connectivity index (χ1n) is 7.48. The Balaban J connectivity index is 2.31. The van der Waals surface area contributed by atoms with Crippen molar-refractivity contribution in [1.29, 1.82) is 0 Å². The fourth-order valence-electron chi connectivity index (χ4n) is 2.51. The van der Waals surface area contributed by atoms with E-state index in [9.17, 15) is 9.59 Å². The molecule has 5 heteroatoms. The topological polar surface area (TPSA) is 67.4 Å². The maximum atomic E-state index is 12.4. The summed E-state index contributed by atoms with van der Waals surface area (Å²) >= 11 is 0. The molecule has 2 atom stereocenters. The van der Waals surface area contributed by atoms with E-state index >= 15 is 0 Å². The number of amides is 2. The lowest BCUT2D eigenvalue weighted by Crippen LogP contribution is -2.51. The first-order valence-corrected chi connectivity index (χ1v) is 7.48. The molecule has 0 aromatic heterocycles. The number of hydrogen-bond acceptors (Lipinski definition) is 3. The lowest BCUT2D eigenvalue weighted by molar-refractivity contribution is -0.152. The van der Waals surface area contributed by atoms with Crippen molar-refractivity contribution in [3.63, 3.8) is 0 Å². The van der Waals surface area contributed by atoms with Gasteiger partial charge in [-0.2, -0.15) is 0 Å². The van der Waals surface area contributed by atoms with Gasteiger partial charge in [-0.25, -0.2) is 4.79 Å². The first kappa shape index (κ1) is 16.1. The molecule has 1 saturated heterocycles. The highest BCUT2D eigenvalue weighted by molar-refractivity contribution is 5.85. The average Bonchev–Trinajstić information content (AvgIpc) is 2.45. The van der Waals surface area contributed by atoms with Gasteiger partial charge >= 0.3 is 12.0 Å². The molecule has 1 fully saturated rings. The van der Waals surface area contributed by atoms with Crippen LogP contribution in [0.3, 0.4) is 0 Å².